The molecule has 0 saturated carbocycles. The number of aliphatic hydroxyl groups is 1. The molecule has 23 heavy (non-hydrogen) atoms. The maximum Gasteiger partial charge on any atom is 0.337 e. The molecule has 1 unspecified atom stereocenters. The van der Waals surface area contributed by atoms with Crippen molar-refractivity contribution in [2.24, 2.45) is 0 Å². The Morgan fingerprint density at radius 2 is 1.87 bits per heavy atom. The number of esters is 1. The zero-order chi connectivity index (χ0) is 17.0. The molecule has 0 aliphatic rings. The van der Waals surface area contributed by atoms with Gasteiger partial charge in [0.1, 0.15) is 5.82 Å². The molecule has 0 radical (unpaired) electrons. The SMILES string of the molecule is COC(=O)Cc1ccc(-c2cccc(C(O)C(=O)O)c2)cc1F. The van der Waals surface area contributed by atoms with Crippen LogP contribution in [0.2, 0.25) is 0 Å². The van der Waals surface area contributed by atoms with Gasteiger partial charge in [0, 0.05) is 0 Å². The zero-order valence-electron chi connectivity index (χ0n) is 12.3. The average Bonchev–Trinajstić information content (AvgIpc) is 2.55. The third-order valence-corrected chi connectivity index (χ3v) is 3.39. The number of aliphatic carboxylic acids is 1. The topological polar surface area (TPSA) is 83.8 Å². The molecule has 0 aliphatic heterocycles. The lowest BCUT2D eigenvalue weighted by Gasteiger charge is -2.10. The minimum Gasteiger partial charge on any atom is -0.479 e. The average molecular weight is 318 g/mol. The molecule has 1 atom stereocenters. The molecule has 5 nitrogen and oxygen atoms in total. The van der Waals surface area contributed by atoms with Gasteiger partial charge in [-0.3, -0.25) is 4.79 Å². The van der Waals surface area contributed by atoms with E-state index in [4.69, 9.17) is 5.11 Å². The molecule has 120 valence electrons. The van der Waals surface area contributed by atoms with Crippen LogP contribution in [0.5, 0.6) is 0 Å². The van der Waals surface area contributed by atoms with Gasteiger partial charge < -0.3 is 14.9 Å². The van der Waals surface area contributed by atoms with E-state index in [1.807, 2.05) is 0 Å². The lowest BCUT2D eigenvalue weighted by atomic mass is 9.99. The Labute approximate surface area is 132 Å². The lowest BCUT2D eigenvalue weighted by Crippen LogP contribution is -2.10. The van der Waals surface area contributed by atoms with E-state index >= 15 is 0 Å². The fourth-order valence-electron chi connectivity index (χ4n) is 2.13. The van der Waals surface area contributed by atoms with Gasteiger partial charge >= 0.3 is 11.9 Å². The summed E-state index contributed by atoms with van der Waals surface area (Å²) in [6.07, 6.45) is -1.81. The van der Waals surface area contributed by atoms with E-state index in [0.29, 0.717) is 11.1 Å². The molecule has 0 amide bonds. The number of hydrogen-bond donors (Lipinski definition) is 2. The molecular formula is C17H15FO5. The number of aliphatic hydroxyl groups excluding tert-OH is 1. The molecule has 0 bridgehead atoms. The second-order valence-electron chi connectivity index (χ2n) is 4.93. The van der Waals surface area contributed by atoms with E-state index in [0.717, 1.165) is 0 Å². The molecule has 2 rings (SSSR count). The van der Waals surface area contributed by atoms with Gasteiger partial charge in [0.2, 0.25) is 0 Å². The normalized spacial score (nSPS) is 11.8. The van der Waals surface area contributed by atoms with Crippen molar-refractivity contribution in [2.45, 2.75) is 12.5 Å². The summed E-state index contributed by atoms with van der Waals surface area (Å²) in [5.41, 5.74) is 1.48. The van der Waals surface area contributed by atoms with Gasteiger partial charge in [0.15, 0.2) is 6.10 Å². The molecule has 2 aromatic carbocycles. The largest absolute Gasteiger partial charge is 0.479 e. The maximum absolute atomic E-state index is 14.1. The predicted molar refractivity (Wildman–Crippen MR) is 80.2 cm³/mol. The van der Waals surface area contributed by atoms with Crippen LogP contribution in [-0.2, 0) is 20.7 Å². The second-order valence-corrected chi connectivity index (χ2v) is 4.93. The van der Waals surface area contributed by atoms with Crippen molar-refractivity contribution < 1.29 is 28.9 Å². The van der Waals surface area contributed by atoms with Crippen molar-refractivity contribution in [1.82, 2.24) is 0 Å². The second kappa shape index (κ2) is 7.02. The summed E-state index contributed by atoms with van der Waals surface area (Å²) in [6, 6.07) is 10.6. The van der Waals surface area contributed by atoms with Gasteiger partial charge in [-0.15, -0.1) is 0 Å². The van der Waals surface area contributed by atoms with Crippen LogP contribution in [0, 0.1) is 5.82 Å². The third-order valence-electron chi connectivity index (χ3n) is 3.39. The van der Waals surface area contributed by atoms with Crippen molar-refractivity contribution in [3.63, 3.8) is 0 Å². The van der Waals surface area contributed by atoms with Gasteiger partial charge in [0.05, 0.1) is 13.5 Å². The van der Waals surface area contributed by atoms with Crippen molar-refractivity contribution in [3.05, 3.63) is 59.4 Å². The number of methoxy groups -OCH3 is 1. The van der Waals surface area contributed by atoms with E-state index in [9.17, 15) is 19.1 Å². The Balaban J connectivity index is 2.32. The van der Waals surface area contributed by atoms with Crippen LogP contribution in [0.15, 0.2) is 42.5 Å². The Bertz CT molecular complexity index is 742. The van der Waals surface area contributed by atoms with E-state index in [1.54, 1.807) is 18.2 Å². The van der Waals surface area contributed by atoms with Gasteiger partial charge in [-0.1, -0.05) is 30.3 Å². The molecule has 2 N–H and O–H groups in total. The number of rotatable bonds is 5. The Kier molecular flexibility index (Phi) is 5.08. The van der Waals surface area contributed by atoms with E-state index in [1.165, 1.54) is 31.4 Å². The first-order valence-corrected chi connectivity index (χ1v) is 6.79. The third kappa shape index (κ3) is 3.92. The quantitative estimate of drug-likeness (QED) is 0.827. The molecule has 0 fully saturated rings. The van der Waals surface area contributed by atoms with Crippen molar-refractivity contribution in [2.75, 3.05) is 7.11 Å². The molecule has 0 aliphatic carbocycles. The summed E-state index contributed by atoms with van der Waals surface area (Å²) in [7, 11) is 1.23. The predicted octanol–water partition coefficient (Wildman–Crippen LogP) is 2.33. The molecule has 0 heterocycles. The number of benzene rings is 2. The van der Waals surface area contributed by atoms with Crippen LogP contribution in [0.4, 0.5) is 4.39 Å². The summed E-state index contributed by atoms with van der Waals surface area (Å²) >= 11 is 0. The number of halogens is 1. The summed E-state index contributed by atoms with van der Waals surface area (Å²) in [5, 5.41) is 18.4. The smallest absolute Gasteiger partial charge is 0.337 e. The van der Waals surface area contributed by atoms with Crippen LogP contribution in [0.25, 0.3) is 11.1 Å². The highest BCUT2D eigenvalue weighted by molar-refractivity contribution is 5.76. The highest BCUT2D eigenvalue weighted by Crippen LogP contribution is 2.25. The van der Waals surface area contributed by atoms with E-state index < -0.39 is 23.9 Å². The van der Waals surface area contributed by atoms with E-state index in [2.05, 4.69) is 4.74 Å². The summed E-state index contributed by atoms with van der Waals surface area (Å²) in [5.74, 6) is -2.46. The summed E-state index contributed by atoms with van der Waals surface area (Å²) in [6.45, 7) is 0. The van der Waals surface area contributed by atoms with Crippen LogP contribution >= 0.6 is 0 Å². The number of carbonyl (C=O) groups excluding carboxylic acids is 1. The van der Waals surface area contributed by atoms with Crippen LogP contribution in [-0.4, -0.2) is 29.3 Å². The van der Waals surface area contributed by atoms with Crippen molar-refractivity contribution in [3.8, 4) is 11.1 Å². The molecule has 0 saturated heterocycles. The Morgan fingerprint density at radius 3 is 2.48 bits per heavy atom. The van der Waals surface area contributed by atoms with Gasteiger partial charge in [-0.05, 0) is 34.4 Å². The minimum absolute atomic E-state index is 0.166. The lowest BCUT2D eigenvalue weighted by molar-refractivity contribution is -0.147. The first-order chi connectivity index (χ1) is 10.9. The zero-order valence-corrected chi connectivity index (χ0v) is 12.3. The monoisotopic (exact) mass is 318 g/mol. The summed E-state index contributed by atoms with van der Waals surface area (Å²) in [4.78, 5) is 22.0. The molecule has 0 spiro atoms. The first kappa shape index (κ1) is 16.6. The molecule has 6 heteroatoms. The highest BCUT2D eigenvalue weighted by atomic mass is 19.1. The fraction of sp³-hybridized carbons (Fsp3) is 0.176. The Hall–Kier alpha value is -2.73. The van der Waals surface area contributed by atoms with Crippen LogP contribution in [0.1, 0.15) is 17.2 Å². The van der Waals surface area contributed by atoms with Gasteiger partial charge in [0.25, 0.3) is 0 Å². The van der Waals surface area contributed by atoms with Gasteiger partial charge in [-0.25, -0.2) is 9.18 Å². The standard InChI is InChI=1S/C17H15FO5/c1-23-15(19)9-12-6-5-11(8-14(12)18)10-3-2-4-13(7-10)16(20)17(21)22/h2-8,16,20H,9H2,1H3,(H,21,22). The fourth-order valence-corrected chi connectivity index (χ4v) is 2.13. The van der Waals surface area contributed by atoms with Gasteiger partial charge in [-0.2, -0.15) is 0 Å². The van der Waals surface area contributed by atoms with Crippen LogP contribution < -0.4 is 0 Å². The molecule has 2 aromatic rings. The van der Waals surface area contributed by atoms with Crippen molar-refractivity contribution in [1.29, 1.82) is 0 Å². The van der Waals surface area contributed by atoms with Crippen molar-refractivity contribution >= 4 is 11.9 Å². The number of carboxylic acid groups (broad SMARTS) is 1. The van der Waals surface area contributed by atoms with Crippen LogP contribution in [0.3, 0.4) is 0 Å². The number of carboxylic acids is 1. The number of hydrogen-bond acceptors (Lipinski definition) is 4. The summed E-state index contributed by atoms with van der Waals surface area (Å²) < 4.78 is 18.6. The first-order valence-electron chi connectivity index (χ1n) is 6.79. The number of carbonyl (C=O) groups is 2. The molecular weight excluding hydrogens is 303 g/mol. The highest BCUT2D eigenvalue weighted by Gasteiger charge is 2.16. The number of ether oxygens (including phenoxy) is 1. The minimum atomic E-state index is -1.64. The Morgan fingerprint density at radius 1 is 1.17 bits per heavy atom. The van der Waals surface area contributed by atoms with E-state index in [-0.39, 0.29) is 17.5 Å². The molecule has 0 aromatic heterocycles. The maximum atomic E-state index is 14.1.